The molecule has 102 valence electrons. The number of nitrogens with zero attached hydrogens (tertiary/aromatic N) is 2. The predicted molar refractivity (Wildman–Crippen MR) is 70.5 cm³/mol. The lowest BCUT2D eigenvalue weighted by Crippen LogP contribution is -2.19. The molecule has 0 fully saturated rings. The molecule has 0 saturated carbocycles. The molecule has 0 aliphatic carbocycles. The Morgan fingerprint density at radius 1 is 1.47 bits per heavy atom. The monoisotopic (exact) mass is 282 g/mol. The number of aromatic nitrogens is 3. The highest BCUT2D eigenvalue weighted by molar-refractivity contribution is 7.99. The number of halogens is 1. The number of aromatic amines is 1. The molecular formula is C12H15FN4OS. The predicted octanol–water partition coefficient (Wildman–Crippen LogP) is 1.83. The molecule has 0 saturated heterocycles. The first-order chi connectivity index (χ1) is 9.29. The van der Waals surface area contributed by atoms with Gasteiger partial charge in [-0.2, -0.15) is 5.10 Å². The molecule has 1 heterocycles. The molecule has 0 spiro atoms. The molecule has 2 rings (SSSR count). The summed E-state index contributed by atoms with van der Waals surface area (Å²) in [4.78, 5) is 4.99. The van der Waals surface area contributed by atoms with Crippen molar-refractivity contribution in [1.29, 1.82) is 0 Å². The van der Waals surface area contributed by atoms with Crippen LogP contribution >= 0.6 is 11.8 Å². The van der Waals surface area contributed by atoms with E-state index < -0.39 is 0 Å². The summed E-state index contributed by atoms with van der Waals surface area (Å²) in [6.45, 7) is 1.93. The average molecular weight is 282 g/mol. The average Bonchev–Trinajstić information content (AvgIpc) is 2.90. The lowest BCUT2D eigenvalue weighted by atomic mass is 10.2. The van der Waals surface area contributed by atoms with Gasteiger partial charge in [-0.15, -0.1) is 0 Å². The van der Waals surface area contributed by atoms with Gasteiger partial charge < -0.3 is 10.1 Å². The second-order valence-corrected chi connectivity index (χ2v) is 4.84. The van der Waals surface area contributed by atoms with Crippen molar-refractivity contribution in [3.63, 3.8) is 0 Å². The second kappa shape index (κ2) is 7.22. The zero-order chi connectivity index (χ0) is 13.5. The SMILES string of the molecule is COCCNCc1cc(F)ccc1Sc1ncn[nH]1. The van der Waals surface area contributed by atoms with Crippen LogP contribution in [0.2, 0.25) is 0 Å². The maximum absolute atomic E-state index is 13.3. The molecule has 7 heteroatoms. The third-order valence-corrected chi connectivity index (χ3v) is 3.43. The van der Waals surface area contributed by atoms with Crippen LogP contribution in [0.1, 0.15) is 5.56 Å². The van der Waals surface area contributed by atoms with Gasteiger partial charge in [0.2, 0.25) is 0 Å². The minimum atomic E-state index is -0.245. The molecule has 0 amide bonds. The van der Waals surface area contributed by atoms with E-state index in [-0.39, 0.29) is 5.82 Å². The van der Waals surface area contributed by atoms with Crippen molar-refractivity contribution in [2.24, 2.45) is 0 Å². The molecular weight excluding hydrogens is 267 g/mol. The standard InChI is InChI=1S/C12H15FN4OS/c1-18-5-4-14-7-9-6-10(13)2-3-11(9)19-12-15-8-16-17-12/h2-3,6,8,14H,4-5,7H2,1H3,(H,15,16,17). The van der Waals surface area contributed by atoms with E-state index in [4.69, 9.17) is 4.74 Å². The van der Waals surface area contributed by atoms with Crippen molar-refractivity contribution >= 4 is 11.8 Å². The molecule has 0 bridgehead atoms. The summed E-state index contributed by atoms with van der Waals surface area (Å²) in [6.07, 6.45) is 1.45. The zero-order valence-corrected chi connectivity index (χ0v) is 11.3. The van der Waals surface area contributed by atoms with E-state index >= 15 is 0 Å². The molecule has 2 aromatic rings. The van der Waals surface area contributed by atoms with E-state index in [1.807, 2.05) is 0 Å². The first kappa shape index (κ1) is 14.0. The summed E-state index contributed by atoms with van der Waals surface area (Å²) in [5.74, 6) is -0.245. The van der Waals surface area contributed by atoms with Gasteiger partial charge in [-0.25, -0.2) is 9.37 Å². The van der Waals surface area contributed by atoms with Crippen LogP contribution in [0, 0.1) is 5.82 Å². The fourth-order valence-corrected chi connectivity index (χ4v) is 2.34. The largest absolute Gasteiger partial charge is 0.383 e. The van der Waals surface area contributed by atoms with Crippen LogP contribution in [0.25, 0.3) is 0 Å². The Hall–Kier alpha value is -1.44. The Kier molecular flexibility index (Phi) is 5.31. The summed E-state index contributed by atoms with van der Waals surface area (Å²) in [6, 6.07) is 4.71. The molecule has 1 aromatic heterocycles. The van der Waals surface area contributed by atoms with Crippen LogP contribution < -0.4 is 5.32 Å². The molecule has 1 aromatic carbocycles. The first-order valence-corrected chi connectivity index (χ1v) is 6.62. The Labute approximate surface area is 115 Å². The van der Waals surface area contributed by atoms with E-state index in [0.717, 1.165) is 17.0 Å². The Morgan fingerprint density at radius 3 is 3.11 bits per heavy atom. The summed E-state index contributed by atoms with van der Waals surface area (Å²) in [5.41, 5.74) is 0.887. The smallest absolute Gasteiger partial charge is 0.188 e. The van der Waals surface area contributed by atoms with Crippen molar-refractivity contribution in [2.45, 2.75) is 16.6 Å². The molecule has 0 aliphatic rings. The molecule has 0 atom stereocenters. The molecule has 19 heavy (non-hydrogen) atoms. The van der Waals surface area contributed by atoms with Gasteiger partial charge in [-0.05, 0) is 23.8 Å². The minimum Gasteiger partial charge on any atom is -0.383 e. The van der Waals surface area contributed by atoms with Gasteiger partial charge in [-0.3, -0.25) is 5.10 Å². The Balaban J connectivity index is 2.04. The third-order valence-electron chi connectivity index (χ3n) is 2.42. The van der Waals surface area contributed by atoms with E-state index in [0.29, 0.717) is 18.3 Å². The quantitative estimate of drug-likeness (QED) is 0.759. The van der Waals surface area contributed by atoms with E-state index in [9.17, 15) is 4.39 Å². The van der Waals surface area contributed by atoms with Crippen LogP contribution in [-0.2, 0) is 11.3 Å². The molecule has 2 N–H and O–H groups in total. The lowest BCUT2D eigenvalue weighted by molar-refractivity contribution is 0.199. The van der Waals surface area contributed by atoms with Gasteiger partial charge >= 0.3 is 0 Å². The summed E-state index contributed by atoms with van der Waals surface area (Å²) in [5, 5.41) is 10.4. The van der Waals surface area contributed by atoms with Crippen LogP contribution in [0.15, 0.2) is 34.6 Å². The first-order valence-electron chi connectivity index (χ1n) is 5.81. The maximum atomic E-state index is 13.3. The summed E-state index contributed by atoms with van der Waals surface area (Å²) in [7, 11) is 1.65. The van der Waals surface area contributed by atoms with Gasteiger partial charge in [0.1, 0.15) is 12.1 Å². The molecule has 5 nitrogen and oxygen atoms in total. The number of hydrogen-bond donors (Lipinski definition) is 2. The fraction of sp³-hybridized carbons (Fsp3) is 0.333. The van der Waals surface area contributed by atoms with Crippen LogP contribution in [0.5, 0.6) is 0 Å². The highest BCUT2D eigenvalue weighted by atomic mass is 32.2. The van der Waals surface area contributed by atoms with E-state index in [1.54, 1.807) is 13.2 Å². The Morgan fingerprint density at radius 2 is 2.37 bits per heavy atom. The van der Waals surface area contributed by atoms with Crippen LogP contribution in [0.4, 0.5) is 4.39 Å². The normalized spacial score (nSPS) is 10.8. The maximum Gasteiger partial charge on any atom is 0.188 e. The summed E-state index contributed by atoms with van der Waals surface area (Å²) < 4.78 is 18.3. The van der Waals surface area contributed by atoms with Crippen molar-refractivity contribution in [1.82, 2.24) is 20.5 Å². The van der Waals surface area contributed by atoms with Crippen molar-refractivity contribution < 1.29 is 9.13 Å². The molecule has 0 aliphatic heterocycles. The highest BCUT2D eigenvalue weighted by Gasteiger charge is 2.07. The van der Waals surface area contributed by atoms with Crippen molar-refractivity contribution in [2.75, 3.05) is 20.3 Å². The zero-order valence-electron chi connectivity index (χ0n) is 10.5. The number of benzene rings is 1. The number of methoxy groups -OCH3 is 1. The number of rotatable bonds is 7. The number of ether oxygens (including phenoxy) is 1. The van der Waals surface area contributed by atoms with Gasteiger partial charge in [-0.1, -0.05) is 11.8 Å². The molecule has 0 unspecified atom stereocenters. The van der Waals surface area contributed by atoms with Crippen LogP contribution in [0.3, 0.4) is 0 Å². The van der Waals surface area contributed by atoms with Crippen molar-refractivity contribution in [3.05, 3.63) is 35.9 Å². The lowest BCUT2D eigenvalue weighted by Gasteiger charge is -2.09. The van der Waals surface area contributed by atoms with Gasteiger partial charge in [0.15, 0.2) is 5.16 Å². The minimum absolute atomic E-state index is 0.245. The van der Waals surface area contributed by atoms with Crippen LogP contribution in [-0.4, -0.2) is 35.4 Å². The highest BCUT2D eigenvalue weighted by Crippen LogP contribution is 2.28. The van der Waals surface area contributed by atoms with E-state index in [1.165, 1.54) is 30.2 Å². The number of hydrogen-bond acceptors (Lipinski definition) is 5. The van der Waals surface area contributed by atoms with Gasteiger partial charge in [0.05, 0.1) is 6.61 Å². The third kappa shape index (κ3) is 4.30. The summed E-state index contributed by atoms with van der Waals surface area (Å²) >= 11 is 1.43. The second-order valence-electron chi connectivity index (χ2n) is 3.81. The Bertz CT molecular complexity index is 506. The van der Waals surface area contributed by atoms with Crippen molar-refractivity contribution in [3.8, 4) is 0 Å². The number of nitrogens with one attached hydrogen (secondary N) is 2. The van der Waals surface area contributed by atoms with E-state index in [2.05, 4.69) is 20.5 Å². The van der Waals surface area contributed by atoms with Gasteiger partial charge in [0.25, 0.3) is 0 Å². The fourth-order valence-electron chi connectivity index (χ4n) is 1.53. The topological polar surface area (TPSA) is 62.8 Å². The number of H-pyrrole nitrogens is 1. The molecule has 0 radical (unpaired) electrons. The van der Waals surface area contributed by atoms with Gasteiger partial charge in [0, 0.05) is 25.1 Å².